The molecule has 4 rings (SSSR count). The monoisotopic (exact) mass is 429 g/mol. The van der Waals surface area contributed by atoms with Crippen LogP contribution in [-0.4, -0.2) is 72.2 Å². The van der Waals surface area contributed by atoms with E-state index in [9.17, 15) is 9.90 Å². The zero-order valence-electron chi connectivity index (χ0n) is 16.4. The Morgan fingerprint density at radius 2 is 1.64 bits per heavy atom. The fourth-order valence-corrected chi connectivity index (χ4v) is 4.82. The summed E-state index contributed by atoms with van der Waals surface area (Å²) in [6.07, 6.45) is 4.88. The molecule has 3 heterocycles. The molecule has 3 saturated heterocycles. The lowest BCUT2D eigenvalue weighted by Gasteiger charge is -2.41. The number of hydrogen-bond donors (Lipinski definition) is 2. The first-order valence-electron chi connectivity index (χ1n) is 10.2. The lowest BCUT2D eigenvalue weighted by molar-refractivity contribution is 0.0356. The van der Waals surface area contributed by atoms with Crippen LogP contribution >= 0.6 is 24.8 Å². The van der Waals surface area contributed by atoms with E-state index in [-0.39, 0.29) is 36.8 Å². The number of piperidine rings is 2. The highest BCUT2D eigenvalue weighted by Gasteiger charge is 2.31. The van der Waals surface area contributed by atoms with Gasteiger partial charge >= 0.3 is 0 Å². The molecule has 0 radical (unpaired) electrons. The molecular weight excluding hydrogens is 397 g/mol. The molecule has 1 unspecified atom stereocenters. The van der Waals surface area contributed by atoms with Crippen LogP contribution in [0.15, 0.2) is 24.3 Å². The topological polar surface area (TPSA) is 55.8 Å². The zero-order chi connectivity index (χ0) is 17.9. The van der Waals surface area contributed by atoms with Crippen molar-refractivity contribution in [1.82, 2.24) is 15.1 Å². The molecule has 5 nitrogen and oxygen atoms in total. The minimum absolute atomic E-state index is 0. The highest BCUT2D eigenvalue weighted by Crippen LogP contribution is 2.28. The van der Waals surface area contributed by atoms with E-state index in [1.807, 2.05) is 12.1 Å². The van der Waals surface area contributed by atoms with Crippen LogP contribution in [0, 0.1) is 0 Å². The van der Waals surface area contributed by atoms with Crippen molar-refractivity contribution in [3.63, 3.8) is 0 Å². The van der Waals surface area contributed by atoms with E-state index in [1.165, 1.54) is 5.56 Å². The van der Waals surface area contributed by atoms with E-state index in [4.69, 9.17) is 0 Å². The molecule has 1 aromatic rings. The van der Waals surface area contributed by atoms with Crippen LogP contribution in [-0.2, 0) is 0 Å². The lowest BCUT2D eigenvalue weighted by Crippen LogP contribution is -2.49. The van der Waals surface area contributed by atoms with E-state index in [0.29, 0.717) is 12.0 Å². The second-order valence-corrected chi connectivity index (χ2v) is 8.07. The van der Waals surface area contributed by atoms with Crippen molar-refractivity contribution >= 4 is 30.7 Å². The number of carbonyl (C=O) groups is 1. The molecule has 0 spiro atoms. The third-order valence-electron chi connectivity index (χ3n) is 6.46. The summed E-state index contributed by atoms with van der Waals surface area (Å²) in [5.74, 6) is 0.674. The summed E-state index contributed by atoms with van der Waals surface area (Å²) in [7, 11) is 0. The predicted octanol–water partition coefficient (Wildman–Crippen LogP) is 2.67. The Morgan fingerprint density at radius 3 is 2.29 bits per heavy atom. The van der Waals surface area contributed by atoms with Crippen LogP contribution in [0.25, 0.3) is 0 Å². The molecule has 2 N–H and O–H groups in total. The minimum atomic E-state index is -0.116. The quantitative estimate of drug-likeness (QED) is 0.775. The van der Waals surface area contributed by atoms with Gasteiger partial charge in [0.2, 0.25) is 0 Å². The number of benzene rings is 1. The van der Waals surface area contributed by atoms with Crippen LogP contribution in [0.3, 0.4) is 0 Å². The Morgan fingerprint density at radius 1 is 0.964 bits per heavy atom. The molecule has 28 heavy (non-hydrogen) atoms. The van der Waals surface area contributed by atoms with Gasteiger partial charge < -0.3 is 20.2 Å². The van der Waals surface area contributed by atoms with Crippen molar-refractivity contribution in [2.45, 2.75) is 50.2 Å². The average molecular weight is 430 g/mol. The number of nitrogens with one attached hydrogen (secondary N) is 1. The Kier molecular flexibility index (Phi) is 9.03. The lowest BCUT2D eigenvalue weighted by atomic mass is 9.92. The van der Waals surface area contributed by atoms with E-state index in [0.717, 1.165) is 76.9 Å². The van der Waals surface area contributed by atoms with Crippen molar-refractivity contribution in [1.29, 1.82) is 0 Å². The molecule has 3 aliphatic heterocycles. The van der Waals surface area contributed by atoms with Gasteiger partial charge in [0.25, 0.3) is 5.91 Å². The fourth-order valence-electron chi connectivity index (χ4n) is 4.82. The molecular formula is C21H33Cl2N3O2. The largest absolute Gasteiger partial charge is 0.393 e. The van der Waals surface area contributed by atoms with E-state index in [2.05, 4.69) is 27.2 Å². The van der Waals surface area contributed by atoms with Crippen LogP contribution in [0.1, 0.15) is 53.9 Å². The number of nitrogens with zero attached hydrogens (tertiary/aromatic N) is 2. The number of carbonyl (C=O) groups excluding carboxylic acids is 1. The van der Waals surface area contributed by atoms with Crippen LogP contribution in [0.4, 0.5) is 0 Å². The number of hydrogen-bond acceptors (Lipinski definition) is 4. The average Bonchev–Trinajstić information content (AvgIpc) is 3.23. The van der Waals surface area contributed by atoms with Gasteiger partial charge in [-0.25, -0.2) is 0 Å². The molecule has 1 atom stereocenters. The van der Waals surface area contributed by atoms with E-state index < -0.39 is 0 Å². The summed E-state index contributed by atoms with van der Waals surface area (Å²) in [6.45, 7) is 5.71. The van der Waals surface area contributed by atoms with Gasteiger partial charge in [-0.3, -0.25) is 4.79 Å². The molecule has 0 aliphatic carbocycles. The first-order chi connectivity index (χ1) is 12.7. The highest BCUT2D eigenvalue weighted by molar-refractivity contribution is 5.96. The third kappa shape index (κ3) is 5.19. The Labute approximate surface area is 180 Å². The van der Waals surface area contributed by atoms with Crippen molar-refractivity contribution in [2.75, 3.05) is 39.3 Å². The van der Waals surface area contributed by atoms with Crippen LogP contribution in [0.2, 0.25) is 0 Å². The van der Waals surface area contributed by atoms with Gasteiger partial charge in [-0.05, 0) is 56.2 Å². The molecule has 0 aromatic heterocycles. The SMILES string of the molecule is Cl.Cl.O=C(c1ccccc1C1CCNC1)N1CCC(N2CCC(O)CC2)CC1. The first kappa shape index (κ1) is 23.4. The summed E-state index contributed by atoms with van der Waals surface area (Å²) in [5, 5.41) is 13.1. The van der Waals surface area contributed by atoms with Crippen LogP contribution in [0.5, 0.6) is 0 Å². The molecule has 0 bridgehead atoms. The first-order valence-corrected chi connectivity index (χ1v) is 10.2. The van der Waals surface area contributed by atoms with Gasteiger partial charge in [0, 0.05) is 44.3 Å². The summed E-state index contributed by atoms with van der Waals surface area (Å²) in [4.78, 5) is 17.7. The summed E-state index contributed by atoms with van der Waals surface area (Å²) >= 11 is 0. The van der Waals surface area contributed by atoms with Gasteiger partial charge in [-0.15, -0.1) is 24.8 Å². The molecule has 158 valence electrons. The Hall–Kier alpha value is -0.850. The molecule has 1 aromatic carbocycles. The molecule has 0 saturated carbocycles. The maximum Gasteiger partial charge on any atom is 0.254 e. The molecule has 1 amide bonds. The third-order valence-corrected chi connectivity index (χ3v) is 6.46. The standard InChI is InChI=1S/C21H31N3O2.2ClH/c25-18-8-13-23(14-9-18)17-6-11-24(12-7-17)21(26)20-4-2-1-3-19(20)16-5-10-22-15-16;;/h1-4,16-18,22,25H,5-15H2;2*1H. The zero-order valence-corrected chi connectivity index (χ0v) is 18.0. The smallest absolute Gasteiger partial charge is 0.254 e. The number of aliphatic hydroxyl groups is 1. The predicted molar refractivity (Wildman–Crippen MR) is 117 cm³/mol. The van der Waals surface area contributed by atoms with Gasteiger partial charge in [0.15, 0.2) is 0 Å². The molecule has 3 aliphatic rings. The van der Waals surface area contributed by atoms with Gasteiger partial charge in [0.05, 0.1) is 6.10 Å². The van der Waals surface area contributed by atoms with Crippen molar-refractivity contribution in [2.24, 2.45) is 0 Å². The molecule has 3 fully saturated rings. The number of likely N-dealkylation sites (tertiary alicyclic amines) is 2. The number of aliphatic hydroxyl groups excluding tert-OH is 1. The summed E-state index contributed by atoms with van der Waals surface area (Å²) < 4.78 is 0. The molecule has 7 heteroatoms. The number of halogens is 2. The number of amides is 1. The van der Waals surface area contributed by atoms with Crippen molar-refractivity contribution in [3.8, 4) is 0 Å². The maximum absolute atomic E-state index is 13.2. The van der Waals surface area contributed by atoms with Gasteiger partial charge in [-0.2, -0.15) is 0 Å². The normalized spacial score (nSPS) is 24.5. The summed E-state index contributed by atoms with van der Waals surface area (Å²) in [6, 6.07) is 8.76. The Bertz CT molecular complexity index is 624. The van der Waals surface area contributed by atoms with E-state index in [1.54, 1.807) is 0 Å². The fraction of sp³-hybridized carbons (Fsp3) is 0.667. The van der Waals surface area contributed by atoms with Crippen molar-refractivity contribution < 1.29 is 9.90 Å². The van der Waals surface area contributed by atoms with Crippen molar-refractivity contribution in [3.05, 3.63) is 35.4 Å². The second kappa shape index (κ2) is 10.8. The van der Waals surface area contributed by atoms with Gasteiger partial charge in [-0.1, -0.05) is 18.2 Å². The second-order valence-electron chi connectivity index (χ2n) is 8.07. The number of rotatable bonds is 3. The van der Waals surface area contributed by atoms with Gasteiger partial charge in [0.1, 0.15) is 0 Å². The highest BCUT2D eigenvalue weighted by atomic mass is 35.5. The Balaban J connectivity index is 0.00000140. The van der Waals surface area contributed by atoms with Crippen LogP contribution < -0.4 is 5.32 Å². The van der Waals surface area contributed by atoms with E-state index >= 15 is 0 Å². The minimum Gasteiger partial charge on any atom is -0.393 e. The summed E-state index contributed by atoms with van der Waals surface area (Å²) in [5.41, 5.74) is 2.12. The maximum atomic E-state index is 13.2.